The highest BCUT2D eigenvalue weighted by atomic mass is 16.6. The molecule has 5 nitrogen and oxygen atoms in total. The number of hydrogen-bond donors (Lipinski definition) is 0. The first kappa shape index (κ1) is 13.0. The summed E-state index contributed by atoms with van der Waals surface area (Å²) in [4.78, 5) is 20.9. The lowest BCUT2D eigenvalue weighted by atomic mass is 9.88. The zero-order valence-electron chi connectivity index (χ0n) is 9.52. The van der Waals surface area contributed by atoms with Crippen molar-refractivity contribution in [1.82, 2.24) is 0 Å². The van der Waals surface area contributed by atoms with Crippen LogP contribution < -0.4 is 0 Å². The molecule has 0 amide bonds. The number of ether oxygens (including phenoxy) is 3. The first-order chi connectivity index (χ1) is 7.76. The average molecular weight is 230 g/mol. The largest absolute Gasteiger partial charge is 0.468 e. The van der Waals surface area contributed by atoms with Crippen LogP contribution in [-0.4, -0.2) is 38.9 Å². The number of esters is 1. The van der Waals surface area contributed by atoms with E-state index in [0.29, 0.717) is 19.0 Å². The predicted octanol–water partition coefficient (Wildman–Crippen LogP) is 0.908. The Hall–Kier alpha value is -1.10. The van der Waals surface area contributed by atoms with Crippen molar-refractivity contribution in [3.05, 3.63) is 0 Å². The third-order valence-electron chi connectivity index (χ3n) is 2.86. The van der Waals surface area contributed by atoms with Gasteiger partial charge in [-0.1, -0.05) is 0 Å². The molecule has 0 heterocycles. The van der Waals surface area contributed by atoms with Crippen LogP contribution in [0.2, 0.25) is 0 Å². The van der Waals surface area contributed by atoms with Crippen LogP contribution in [0.15, 0.2) is 0 Å². The highest BCUT2D eigenvalue weighted by Gasteiger charge is 2.22. The fourth-order valence-electron chi connectivity index (χ4n) is 1.89. The molecule has 16 heavy (non-hydrogen) atoms. The van der Waals surface area contributed by atoms with Crippen LogP contribution in [0.3, 0.4) is 0 Å². The molecule has 92 valence electrons. The molecular weight excluding hydrogens is 212 g/mol. The molecule has 0 aliphatic heterocycles. The smallest absolute Gasteiger partial charge is 0.331 e. The SMILES string of the molecule is COC(=O)COC1CCC(COC=O)CC1. The van der Waals surface area contributed by atoms with Crippen molar-refractivity contribution >= 4 is 12.4 Å². The maximum atomic E-state index is 10.9. The Kier molecular flexibility index (Phi) is 5.85. The van der Waals surface area contributed by atoms with Gasteiger partial charge in [-0.2, -0.15) is 0 Å². The molecular formula is C11H18O5. The van der Waals surface area contributed by atoms with E-state index in [9.17, 15) is 9.59 Å². The summed E-state index contributed by atoms with van der Waals surface area (Å²) in [5.41, 5.74) is 0. The molecule has 0 N–H and O–H groups in total. The summed E-state index contributed by atoms with van der Waals surface area (Å²) in [6, 6.07) is 0. The molecule has 0 unspecified atom stereocenters. The molecule has 0 aromatic heterocycles. The minimum atomic E-state index is -0.341. The topological polar surface area (TPSA) is 61.8 Å². The molecule has 0 bridgehead atoms. The van der Waals surface area contributed by atoms with Gasteiger partial charge in [0.1, 0.15) is 6.61 Å². The Labute approximate surface area is 95.0 Å². The molecule has 1 fully saturated rings. The fraction of sp³-hybridized carbons (Fsp3) is 0.818. The normalized spacial score (nSPS) is 24.8. The Morgan fingerprint density at radius 2 is 2.00 bits per heavy atom. The molecule has 5 heteroatoms. The summed E-state index contributed by atoms with van der Waals surface area (Å²) in [5, 5.41) is 0. The minimum Gasteiger partial charge on any atom is -0.468 e. The van der Waals surface area contributed by atoms with Gasteiger partial charge in [0, 0.05) is 0 Å². The minimum absolute atomic E-state index is 0.0245. The number of hydrogen-bond acceptors (Lipinski definition) is 5. The Balaban J connectivity index is 2.11. The highest BCUT2D eigenvalue weighted by molar-refractivity contribution is 5.70. The van der Waals surface area contributed by atoms with Gasteiger partial charge in [-0.05, 0) is 31.6 Å². The quantitative estimate of drug-likeness (QED) is 0.501. The molecule has 0 saturated heterocycles. The van der Waals surface area contributed by atoms with Crippen LogP contribution >= 0.6 is 0 Å². The molecule has 0 spiro atoms. The monoisotopic (exact) mass is 230 g/mol. The van der Waals surface area contributed by atoms with E-state index in [2.05, 4.69) is 4.74 Å². The molecule has 0 aromatic rings. The van der Waals surface area contributed by atoms with Crippen molar-refractivity contribution in [2.75, 3.05) is 20.3 Å². The van der Waals surface area contributed by atoms with Gasteiger partial charge in [-0.15, -0.1) is 0 Å². The van der Waals surface area contributed by atoms with Crippen molar-refractivity contribution in [3.8, 4) is 0 Å². The lowest BCUT2D eigenvalue weighted by Gasteiger charge is -2.27. The summed E-state index contributed by atoms with van der Waals surface area (Å²) in [5.74, 6) is 0.0922. The summed E-state index contributed by atoms with van der Waals surface area (Å²) < 4.78 is 14.6. The molecule has 1 aliphatic carbocycles. The second-order valence-electron chi connectivity index (χ2n) is 3.96. The Morgan fingerprint density at radius 1 is 1.31 bits per heavy atom. The van der Waals surface area contributed by atoms with Crippen LogP contribution in [-0.2, 0) is 23.8 Å². The third-order valence-corrected chi connectivity index (χ3v) is 2.86. The standard InChI is InChI=1S/C11H18O5/c1-14-11(13)7-16-10-4-2-9(3-5-10)6-15-8-12/h8-10H,2-7H2,1H3. The van der Waals surface area contributed by atoms with Crippen molar-refractivity contribution in [2.45, 2.75) is 31.8 Å². The first-order valence-corrected chi connectivity index (χ1v) is 5.50. The van der Waals surface area contributed by atoms with Gasteiger partial charge in [0.25, 0.3) is 6.47 Å². The van der Waals surface area contributed by atoms with E-state index in [0.717, 1.165) is 25.7 Å². The summed E-state index contributed by atoms with van der Waals surface area (Å²) in [7, 11) is 1.35. The van der Waals surface area contributed by atoms with Crippen LogP contribution in [0.1, 0.15) is 25.7 Å². The van der Waals surface area contributed by atoms with E-state index in [-0.39, 0.29) is 18.7 Å². The van der Waals surface area contributed by atoms with Crippen LogP contribution in [0.4, 0.5) is 0 Å². The lowest BCUT2D eigenvalue weighted by molar-refractivity contribution is -0.149. The molecule has 1 saturated carbocycles. The number of carbonyl (C=O) groups excluding carboxylic acids is 2. The van der Waals surface area contributed by atoms with E-state index in [1.165, 1.54) is 7.11 Å². The van der Waals surface area contributed by atoms with E-state index in [1.807, 2.05) is 0 Å². The number of carbonyl (C=O) groups is 2. The summed E-state index contributed by atoms with van der Waals surface area (Å²) in [6.07, 6.45) is 3.89. The van der Waals surface area contributed by atoms with Crippen LogP contribution in [0.25, 0.3) is 0 Å². The van der Waals surface area contributed by atoms with Crippen LogP contribution in [0.5, 0.6) is 0 Å². The predicted molar refractivity (Wildman–Crippen MR) is 55.7 cm³/mol. The molecule has 0 atom stereocenters. The zero-order valence-corrected chi connectivity index (χ0v) is 9.52. The van der Waals surface area contributed by atoms with Gasteiger partial charge in [0.15, 0.2) is 0 Å². The van der Waals surface area contributed by atoms with E-state index in [1.54, 1.807) is 0 Å². The number of rotatable bonds is 6. The van der Waals surface area contributed by atoms with Gasteiger partial charge in [0.05, 0.1) is 19.8 Å². The summed E-state index contributed by atoms with van der Waals surface area (Å²) in [6.45, 7) is 1.00. The Morgan fingerprint density at radius 3 is 2.56 bits per heavy atom. The maximum Gasteiger partial charge on any atom is 0.331 e. The van der Waals surface area contributed by atoms with Gasteiger partial charge < -0.3 is 14.2 Å². The fourth-order valence-corrected chi connectivity index (χ4v) is 1.89. The van der Waals surface area contributed by atoms with E-state index in [4.69, 9.17) is 9.47 Å². The Bertz CT molecular complexity index is 220. The third kappa shape index (κ3) is 4.61. The molecule has 0 radical (unpaired) electrons. The van der Waals surface area contributed by atoms with Gasteiger partial charge in [-0.25, -0.2) is 4.79 Å². The second-order valence-corrected chi connectivity index (χ2v) is 3.96. The van der Waals surface area contributed by atoms with Gasteiger partial charge in [-0.3, -0.25) is 4.79 Å². The van der Waals surface area contributed by atoms with Crippen molar-refractivity contribution < 1.29 is 23.8 Å². The van der Waals surface area contributed by atoms with Crippen LogP contribution in [0, 0.1) is 5.92 Å². The first-order valence-electron chi connectivity index (χ1n) is 5.50. The van der Waals surface area contributed by atoms with Crippen molar-refractivity contribution in [2.24, 2.45) is 5.92 Å². The van der Waals surface area contributed by atoms with Crippen molar-refractivity contribution in [1.29, 1.82) is 0 Å². The summed E-state index contributed by atoms with van der Waals surface area (Å²) >= 11 is 0. The average Bonchev–Trinajstić information content (AvgIpc) is 2.34. The maximum absolute atomic E-state index is 10.9. The van der Waals surface area contributed by atoms with Gasteiger partial charge in [0.2, 0.25) is 0 Å². The van der Waals surface area contributed by atoms with Crippen molar-refractivity contribution in [3.63, 3.8) is 0 Å². The molecule has 1 aliphatic rings. The lowest BCUT2D eigenvalue weighted by Crippen LogP contribution is -2.26. The molecule has 1 rings (SSSR count). The zero-order chi connectivity index (χ0) is 11.8. The van der Waals surface area contributed by atoms with E-state index >= 15 is 0 Å². The van der Waals surface area contributed by atoms with Gasteiger partial charge >= 0.3 is 5.97 Å². The van der Waals surface area contributed by atoms with E-state index < -0.39 is 0 Å². The number of methoxy groups -OCH3 is 1. The highest BCUT2D eigenvalue weighted by Crippen LogP contribution is 2.26. The molecule has 0 aromatic carbocycles. The second kappa shape index (κ2) is 7.22.